The molecule has 0 radical (unpaired) electrons. The van der Waals surface area contributed by atoms with Crippen molar-refractivity contribution in [3.63, 3.8) is 0 Å². The Kier molecular flexibility index (Phi) is 12.8. The molecular weight excluding hydrogens is 546 g/mol. The molecule has 13 heteroatoms. The van der Waals surface area contributed by atoms with Crippen molar-refractivity contribution in [2.75, 3.05) is 13.1 Å². The van der Waals surface area contributed by atoms with Crippen LogP contribution in [0.15, 0.2) is 66.7 Å². The minimum Gasteiger partial charge on any atom is -0.425 e. The monoisotopic (exact) mass is 581 g/mol. The second kappa shape index (κ2) is 16.3. The minimum absolute atomic E-state index is 0.0207. The van der Waals surface area contributed by atoms with E-state index in [4.69, 9.17) is 4.74 Å². The molecule has 2 atom stereocenters. The summed E-state index contributed by atoms with van der Waals surface area (Å²) in [5.41, 5.74) is 0.803. The third-order valence-corrected chi connectivity index (χ3v) is 5.76. The molecule has 0 fully saturated rings. The summed E-state index contributed by atoms with van der Waals surface area (Å²) in [6, 6.07) is 11.7. The fourth-order valence-corrected chi connectivity index (χ4v) is 3.68. The van der Waals surface area contributed by atoms with Gasteiger partial charge in [0.25, 0.3) is 5.69 Å². The largest absolute Gasteiger partial charge is 0.425 e. The smallest absolute Gasteiger partial charge is 0.330 e. The number of benzene rings is 2. The van der Waals surface area contributed by atoms with Crippen LogP contribution in [0, 0.1) is 16.0 Å². The van der Waals surface area contributed by atoms with Crippen molar-refractivity contribution in [2.45, 2.75) is 45.7 Å². The molecule has 0 aliphatic heterocycles. The quantitative estimate of drug-likeness (QED) is 0.0802. The van der Waals surface area contributed by atoms with E-state index in [1.165, 1.54) is 31.2 Å². The standard InChI is InChI=1S/C29H35N5O8/c1-18(2)14-23(28(38)31-17-26(36)42-22-12-10-21(11-13-22)34(40)41)33-29(39)24(15-20-8-6-5-7-9-20)32-25(35)16-30-27(37)19(3)4/h5-13,18,23-24H,3,14-17H2,1-2,4H3,(H,30,37)(H,31,38)(H,32,35)(H,33,39). The van der Waals surface area contributed by atoms with Gasteiger partial charge in [0.2, 0.25) is 23.6 Å². The first-order chi connectivity index (χ1) is 19.8. The maximum atomic E-state index is 13.3. The van der Waals surface area contributed by atoms with Crippen molar-refractivity contribution in [1.82, 2.24) is 21.3 Å². The second-order valence-corrected chi connectivity index (χ2v) is 9.91. The van der Waals surface area contributed by atoms with E-state index in [1.807, 2.05) is 13.8 Å². The third-order valence-electron chi connectivity index (χ3n) is 5.76. The molecule has 0 saturated carbocycles. The number of non-ortho nitro benzene ring substituents is 1. The third kappa shape index (κ3) is 11.6. The van der Waals surface area contributed by atoms with Gasteiger partial charge in [0.1, 0.15) is 24.4 Å². The molecule has 0 saturated heterocycles. The Morgan fingerprint density at radius 1 is 0.881 bits per heavy atom. The molecule has 2 rings (SSSR count). The Morgan fingerprint density at radius 2 is 1.52 bits per heavy atom. The van der Waals surface area contributed by atoms with Crippen LogP contribution in [-0.4, -0.2) is 59.7 Å². The van der Waals surface area contributed by atoms with Gasteiger partial charge in [-0.15, -0.1) is 0 Å². The van der Waals surface area contributed by atoms with Crippen LogP contribution < -0.4 is 26.0 Å². The summed E-state index contributed by atoms with van der Waals surface area (Å²) >= 11 is 0. The number of nitro benzene ring substituents is 1. The highest BCUT2D eigenvalue weighted by Crippen LogP contribution is 2.17. The Balaban J connectivity index is 2.06. The van der Waals surface area contributed by atoms with Crippen LogP contribution in [0.2, 0.25) is 0 Å². The fraction of sp³-hybridized carbons (Fsp3) is 0.345. The maximum Gasteiger partial charge on any atom is 0.330 e. The van der Waals surface area contributed by atoms with E-state index in [-0.39, 0.29) is 42.3 Å². The van der Waals surface area contributed by atoms with Crippen LogP contribution in [0.25, 0.3) is 0 Å². The topological polar surface area (TPSA) is 186 Å². The van der Waals surface area contributed by atoms with Gasteiger partial charge in [-0.3, -0.25) is 29.3 Å². The summed E-state index contributed by atoms with van der Waals surface area (Å²) in [6.07, 6.45) is 0.347. The molecule has 0 aliphatic carbocycles. The van der Waals surface area contributed by atoms with Gasteiger partial charge < -0.3 is 26.0 Å². The van der Waals surface area contributed by atoms with Crippen molar-refractivity contribution in [3.05, 3.63) is 82.4 Å². The molecule has 0 heterocycles. The van der Waals surface area contributed by atoms with Crippen molar-refractivity contribution in [3.8, 4) is 5.75 Å². The van der Waals surface area contributed by atoms with Gasteiger partial charge in [0.15, 0.2) is 0 Å². The number of carbonyl (C=O) groups excluding carboxylic acids is 5. The first kappa shape index (κ1) is 33.1. The fourth-order valence-electron chi connectivity index (χ4n) is 3.68. The van der Waals surface area contributed by atoms with Crippen molar-refractivity contribution in [2.24, 2.45) is 5.92 Å². The molecule has 0 aliphatic rings. The number of carbonyl (C=O) groups is 5. The van der Waals surface area contributed by atoms with Crippen LogP contribution in [0.4, 0.5) is 5.69 Å². The molecule has 4 N–H and O–H groups in total. The van der Waals surface area contributed by atoms with E-state index in [0.29, 0.717) is 0 Å². The van der Waals surface area contributed by atoms with Crippen LogP contribution in [0.3, 0.4) is 0 Å². The molecule has 2 unspecified atom stereocenters. The van der Waals surface area contributed by atoms with Crippen LogP contribution >= 0.6 is 0 Å². The number of hydrogen-bond acceptors (Lipinski definition) is 8. The average molecular weight is 582 g/mol. The molecular formula is C29H35N5O8. The van der Waals surface area contributed by atoms with E-state index in [9.17, 15) is 34.1 Å². The highest BCUT2D eigenvalue weighted by Gasteiger charge is 2.28. The number of nitrogens with one attached hydrogen (secondary N) is 4. The molecule has 0 aromatic heterocycles. The van der Waals surface area contributed by atoms with E-state index >= 15 is 0 Å². The number of nitro groups is 1. The van der Waals surface area contributed by atoms with Crippen molar-refractivity contribution in [1.29, 1.82) is 0 Å². The maximum absolute atomic E-state index is 13.3. The highest BCUT2D eigenvalue weighted by atomic mass is 16.6. The minimum atomic E-state index is -1.07. The average Bonchev–Trinajstić information content (AvgIpc) is 2.94. The summed E-state index contributed by atoms with van der Waals surface area (Å²) in [4.78, 5) is 73.1. The second-order valence-electron chi connectivity index (χ2n) is 9.91. The van der Waals surface area contributed by atoms with Gasteiger partial charge >= 0.3 is 5.97 Å². The number of amides is 4. The summed E-state index contributed by atoms with van der Waals surface area (Å²) in [5, 5.41) is 20.9. The zero-order valence-corrected chi connectivity index (χ0v) is 23.7. The lowest BCUT2D eigenvalue weighted by Crippen LogP contribution is -2.56. The van der Waals surface area contributed by atoms with E-state index in [0.717, 1.165) is 5.56 Å². The van der Waals surface area contributed by atoms with Gasteiger partial charge in [0.05, 0.1) is 11.5 Å². The Morgan fingerprint density at radius 3 is 2.10 bits per heavy atom. The predicted molar refractivity (Wildman–Crippen MR) is 153 cm³/mol. The molecule has 0 spiro atoms. The lowest BCUT2D eigenvalue weighted by atomic mass is 10.0. The zero-order chi connectivity index (χ0) is 31.2. The number of ether oxygens (including phenoxy) is 1. The van der Waals surface area contributed by atoms with Gasteiger partial charge in [0, 0.05) is 24.1 Å². The van der Waals surface area contributed by atoms with Gasteiger partial charge in [-0.05, 0) is 37.0 Å². The summed E-state index contributed by atoms with van der Waals surface area (Å²) in [5.74, 6) is -3.17. The van der Waals surface area contributed by atoms with Crippen LogP contribution in [0.1, 0.15) is 32.8 Å². The number of hydrogen-bond donors (Lipinski definition) is 4. The van der Waals surface area contributed by atoms with E-state index < -0.39 is 53.1 Å². The number of rotatable bonds is 15. The van der Waals surface area contributed by atoms with Gasteiger partial charge in [-0.1, -0.05) is 50.8 Å². The summed E-state index contributed by atoms with van der Waals surface area (Å²) < 4.78 is 5.10. The number of esters is 1. The van der Waals surface area contributed by atoms with E-state index in [1.54, 1.807) is 30.3 Å². The lowest BCUT2D eigenvalue weighted by molar-refractivity contribution is -0.384. The molecule has 2 aromatic rings. The molecule has 13 nitrogen and oxygen atoms in total. The Labute approximate surface area is 243 Å². The normalized spacial score (nSPS) is 11.9. The van der Waals surface area contributed by atoms with Gasteiger partial charge in [-0.2, -0.15) is 0 Å². The first-order valence-electron chi connectivity index (χ1n) is 13.2. The van der Waals surface area contributed by atoms with Gasteiger partial charge in [-0.25, -0.2) is 4.79 Å². The zero-order valence-electron chi connectivity index (χ0n) is 23.7. The Bertz CT molecular complexity index is 1290. The highest BCUT2D eigenvalue weighted by molar-refractivity contribution is 5.96. The SMILES string of the molecule is C=C(C)C(=O)NCC(=O)NC(Cc1ccccc1)C(=O)NC(CC(C)C)C(=O)NCC(=O)Oc1ccc([N+](=O)[O-])cc1. The van der Waals surface area contributed by atoms with Crippen molar-refractivity contribution >= 4 is 35.3 Å². The predicted octanol–water partition coefficient (Wildman–Crippen LogP) is 1.57. The molecule has 0 bridgehead atoms. The lowest BCUT2D eigenvalue weighted by Gasteiger charge is -2.24. The van der Waals surface area contributed by atoms with Crippen LogP contribution in [-0.2, 0) is 30.4 Å². The molecule has 4 amide bonds. The molecule has 42 heavy (non-hydrogen) atoms. The number of nitrogens with zero attached hydrogens (tertiary/aromatic N) is 1. The summed E-state index contributed by atoms with van der Waals surface area (Å²) in [7, 11) is 0. The first-order valence-corrected chi connectivity index (χ1v) is 13.2. The molecule has 224 valence electrons. The summed E-state index contributed by atoms with van der Waals surface area (Å²) in [6.45, 7) is 7.80. The van der Waals surface area contributed by atoms with Crippen molar-refractivity contribution < 1.29 is 33.6 Å². The van der Waals surface area contributed by atoms with Crippen LogP contribution in [0.5, 0.6) is 5.75 Å². The Hall–Kier alpha value is -5.07. The molecule has 2 aromatic carbocycles. The van der Waals surface area contributed by atoms with E-state index in [2.05, 4.69) is 27.8 Å².